The lowest BCUT2D eigenvalue weighted by Crippen LogP contribution is -2.37. The van der Waals surface area contributed by atoms with Crippen molar-refractivity contribution < 1.29 is 19.1 Å². The molecule has 0 saturated heterocycles. The fraction of sp³-hybridized carbons (Fsp3) is 0.167. The molecule has 124 valence electrons. The molecule has 0 aliphatic heterocycles. The van der Waals surface area contributed by atoms with Gasteiger partial charge in [0.1, 0.15) is 12.0 Å². The summed E-state index contributed by atoms with van der Waals surface area (Å²) in [5, 5.41) is 4.80. The Kier molecular flexibility index (Phi) is 5.68. The van der Waals surface area contributed by atoms with Gasteiger partial charge in [-0.25, -0.2) is 4.79 Å². The fourth-order valence-electron chi connectivity index (χ4n) is 2.10. The molecule has 6 heteroatoms. The Morgan fingerprint density at radius 3 is 2.62 bits per heavy atom. The molecule has 2 N–H and O–H groups in total. The van der Waals surface area contributed by atoms with Crippen molar-refractivity contribution in [3.63, 3.8) is 0 Å². The zero-order valence-corrected chi connectivity index (χ0v) is 13.5. The van der Waals surface area contributed by atoms with Gasteiger partial charge in [0.15, 0.2) is 6.61 Å². The van der Waals surface area contributed by atoms with Crippen LogP contribution >= 0.6 is 0 Å². The van der Waals surface area contributed by atoms with Crippen LogP contribution in [0.4, 0.5) is 10.5 Å². The highest BCUT2D eigenvalue weighted by atomic mass is 16.5. The predicted molar refractivity (Wildman–Crippen MR) is 90.4 cm³/mol. The Morgan fingerprint density at radius 2 is 1.92 bits per heavy atom. The summed E-state index contributed by atoms with van der Waals surface area (Å²) in [5.41, 5.74) is 3.06. The second kappa shape index (κ2) is 7.92. The summed E-state index contributed by atoms with van der Waals surface area (Å²) >= 11 is 0. The van der Waals surface area contributed by atoms with Crippen molar-refractivity contribution in [3.8, 4) is 5.75 Å². The smallest absolute Gasteiger partial charge is 0.325 e. The van der Waals surface area contributed by atoms with Gasteiger partial charge in [-0.15, -0.1) is 0 Å². The third-order valence-corrected chi connectivity index (χ3v) is 3.25. The van der Waals surface area contributed by atoms with E-state index in [2.05, 4.69) is 10.6 Å². The largest absolute Gasteiger partial charge is 0.484 e. The Morgan fingerprint density at radius 1 is 1.12 bits per heavy atom. The van der Waals surface area contributed by atoms with Gasteiger partial charge in [0.05, 0.1) is 0 Å². The molecule has 2 aromatic rings. The first-order valence-corrected chi connectivity index (χ1v) is 7.34. The maximum absolute atomic E-state index is 11.8. The molecule has 0 aromatic heterocycles. The zero-order chi connectivity index (χ0) is 17.5. The minimum atomic E-state index is -0.628. The van der Waals surface area contributed by atoms with Crippen molar-refractivity contribution >= 4 is 23.9 Å². The van der Waals surface area contributed by atoms with Gasteiger partial charge in [0.2, 0.25) is 0 Å². The van der Waals surface area contributed by atoms with Gasteiger partial charge in [-0.1, -0.05) is 29.8 Å². The topological polar surface area (TPSA) is 84.5 Å². The number of urea groups is 1. The summed E-state index contributed by atoms with van der Waals surface area (Å²) in [7, 11) is 0. The molecule has 0 spiro atoms. The monoisotopic (exact) mass is 326 g/mol. The molecular weight excluding hydrogens is 308 g/mol. The summed E-state index contributed by atoms with van der Waals surface area (Å²) in [6.07, 6.45) is 0.685. The van der Waals surface area contributed by atoms with Crippen LogP contribution in [0, 0.1) is 13.8 Å². The SMILES string of the molecule is Cc1ccc(NC(=O)NC(=O)COc2cccc(C=O)c2)c(C)c1. The summed E-state index contributed by atoms with van der Waals surface area (Å²) in [6.45, 7) is 3.49. The number of benzene rings is 2. The third-order valence-electron chi connectivity index (χ3n) is 3.25. The van der Waals surface area contributed by atoms with Gasteiger partial charge in [0, 0.05) is 11.3 Å². The van der Waals surface area contributed by atoms with Gasteiger partial charge in [-0.2, -0.15) is 0 Å². The first-order valence-electron chi connectivity index (χ1n) is 7.34. The van der Waals surface area contributed by atoms with Crippen LogP contribution in [0.2, 0.25) is 0 Å². The molecule has 0 unspecified atom stereocenters. The van der Waals surface area contributed by atoms with E-state index in [4.69, 9.17) is 4.74 Å². The van der Waals surface area contributed by atoms with Crippen LogP contribution in [-0.2, 0) is 4.79 Å². The fourth-order valence-corrected chi connectivity index (χ4v) is 2.10. The number of aryl methyl sites for hydroxylation is 2. The van der Waals surface area contributed by atoms with E-state index in [0.29, 0.717) is 23.3 Å². The second-order valence-corrected chi connectivity index (χ2v) is 5.30. The first-order chi connectivity index (χ1) is 11.5. The van der Waals surface area contributed by atoms with Crippen LogP contribution in [0.3, 0.4) is 0 Å². The minimum absolute atomic E-state index is 0.331. The Balaban J connectivity index is 1.85. The summed E-state index contributed by atoms with van der Waals surface area (Å²) in [5.74, 6) is -0.210. The van der Waals surface area contributed by atoms with Gasteiger partial charge in [0.25, 0.3) is 5.91 Å². The second-order valence-electron chi connectivity index (χ2n) is 5.30. The minimum Gasteiger partial charge on any atom is -0.484 e. The number of carbonyl (C=O) groups excluding carboxylic acids is 3. The summed E-state index contributed by atoms with van der Waals surface area (Å²) in [4.78, 5) is 34.2. The molecule has 0 heterocycles. The van der Waals surface area contributed by atoms with Crippen molar-refractivity contribution in [2.75, 3.05) is 11.9 Å². The van der Waals surface area contributed by atoms with E-state index >= 15 is 0 Å². The van der Waals surface area contributed by atoms with Gasteiger partial charge < -0.3 is 10.1 Å². The van der Waals surface area contributed by atoms with Crippen LogP contribution in [-0.4, -0.2) is 24.8 Å². The highest BCUT2D eigenvalue weighted by Gasteiger charge is 2.10. The van der Waals surface area contributed by atoms with E-state index in [-0.39, 0.29) is 6.61 Å². The maximum atomic E-state index is 11.8. The molecule has 2 aromatic carbocycles. The number of aldehydes is 1. The number of anilines is 1. The molecule has 0 aliphatic carbocycles. The number of hydrogen-bond donors (Lipinski definition) is 2. The van der Waals surface area contributed by atoms with E-state index in [1.165, 1.54) is 6.07 Å². The summed E-state index contributed by atoms with van der Waals surface area (Å²) in [6, 6.07) is 11.3. The number of hydrogen-bond acceptors (Lipinski definition) is 4. The molecule has 6 nitrogen and oxygen atoms in total. The van der Waals surface area contributed by atoms with E-state index in [1.54, 1.807) is 24.3 Å². The molecule has 24 heavy (non-hydrogen) atoms. The summed E-state index contributed by atoms with van der Waals surface area (Å²) < 4.78 is 5.25. The highest BCUT2D eigenvalue weighted by Crippen LogP contribution is 2.15. The van der Waals surface area contributed by atoms with E-state index in [0.717, 1.165) is 11.1 Å². The lowest BCUT2D eigenvalue weighted by Gasteiger charge is -2.10. The number of rotatable bonds is 5. The Labute approximate surface area is 139 Å². The third kappa shape index (κ3) is 4.95. The van der Waals surface area contributed by atoms with Crippen molar-refractivity contribution in [1.82, 2.24) is 5.32 Å². The Hall–Kier alpha value is -3.15. The number of nitrogens with one attached hydrogen (secondary N) is 2. The van der Waals surface area contributed by atoms with Crippen LogP contribution in [0.1, 0.15) is 21.5 Å². The molecule has 0 saturated carbocycles. The highest BCUT2D eigenvalue weighted by molar-refractivity contribution is 6.01. The quantitative estimate of drug-likeness (QED) is 0.828. The average Bonchev–Trinajstić information content (AvgIpc) is 2.56. The van der Waals surface area contributed by atoms with Crippen LogP contribution < -0.4 is 15.4 Å². The molecule has 0 radical (unpaired) electrons. The van der Waals surface area contributed by atoms with Crippen molar-refractivity contribution in [2.45, 2.75) is 13.8 Å². The predicted octanol–water partition coefficient (Wildman–Crippen LogP) is 2.84. The van der Waals surface area contributed by atoms with Crippen LogP contribution in [0.25, 0.3) is 0 Å². The zero-order valence-electron chi connectivity index (χ0n) is 13.5. The molecule has 0 bridgehead atoms. The first kappa shape index (κ1) is 17.2. The molecule has 0 atom stereocenters. The van der Waals surface area contributed by atoms with Crippen LogP contribution in [0.5, 0.6) is 5.75 Å². The maximum Gasteiger partial charge on any atom is 0.325 e. The van der Waals surface area contributed by atoms with E-state index in [9.17, 15) is 14.4 Å². The molecular formula is C18H18N2O4. The molecule has 0 aliphatic rings. The number of amides is 3. The lowest BCUT2D eigenvalue weighted by molar-refractivity contribution is -0.121. The normalized spacial score (nSPS) is 9.92. The van der Waals surface area contributed by atoms with Crippen molar-refractivity contribution in [1.29, 1.82) is 0 Å². The van der Waals surface area contributed by atoms with Gasteiger partial charge in [-0.05, 0) is 37.6 Å². The van der Waals surface area contributed by atoms with Crippen LogP contribution in [0.15, 0.2) is 42.5 Å². The standard InChI is InChI=1S/C18H18N2O4/c1-12-6-7-16(13(2)8-12)19-18(23)20-17(22)11-24-15-5-3-4-14(9-15)10-21/h3-10H,11H2,1-2H3,(H2,19,20,22,23). The Bertz CT molecular complexity index is 771. The van der Waals surface area contributed by atoms with E-state index < -0.39 is 11.9 Å². The van der Waals surface area contributed by atoms with Crippen molar-refractivity contribution in [2.24, 2.45) is 0 Å². The number of carbonyl (C=O) groups is 3. The number of ether oxygens (including phenoxy) is 1. The van der Waals surface area contributed by atoms with Gasteiger partial charge >= 0.3 is 6.03 Å². The number of imide groups is 1. The molecule has 0 fully saturated rings. The van der Waals surface area contributed by atoms with Gasteiger partial charge in [-0.3, -0.25) is 14.9 Å². The van der Waals surface area contributed by atoms with Crippen molar-refractivity contribution in [3.05, 3.63) is 59.2 Å². The average molecular weight is 326 g/mol. The molecule has 2 rings (SSSR count). The molecule has 3 amide bonds. The lowest BCUT2D eigenvalue weighted by atomic mass is 10.1. The van der Waals surface area contributed by atoms with E-state index in [1.807, 2.05) is 26.0 Å².